The van der Waals surface area contributed by atoms with E-state index in [4.69, 9.17) is 4.74 Å². The fourth-order valence-corrected chi connectivity index (χ4v) is 4.02. The summed E-state index contributed by atoms with van der Waals surface area (Å²) in [5.74, 6) is 0.516. The third-order valence-electron chi connectivity index (χ3n) is 4.77. The molecule has 0 bridgehead atoms. The van der Waals surface area contributed by atoms with Crippen LogP contribution in [-0.2, 0) is 9.53 Å². The summed E-state index contributed by atoms with van der Waals surface area (Å²) in [5.41, 5.74) is 0.553. The first-order valence-corrected chi connectivity index (χ1v) is 8.37. The molecule has 1 aliphatic heterocycles. The number of benzene rings is 1. The third kappa shape index (κ3) is 2.57. The van der Waals surface area contributed by atoms with Gasteiger partial charge in [-0.25, -0.2) is 0 Å². The normalized spacial score (nSPS) is 28.3. The summed E-state index contributed by atoms with van der Waals surface area (Å²) < 4.78 is 6.03. The summed E-state index contributed by atoms with van der Waals surface area (Å²) in [6, 6.07) is 7.49. The highest BCUT2D eigenvalue weighted by molar-refractivity contribution is 9.10. The molecular formula is C17H20BrNO3. The SMILES string of the molecule is COCC1CCC2(CC1)NC(=O)C(c1ccccc1Br)=C2O. The number of aliphatic hydroxyl groups is 1. The first-order valence-electron chi connectivity index (χ1n) is 7.57. The highest BCUT2D eigenvalue weighted by Crippen LogP contribution is 2.43. The standard InChI is InChI=1S/C17H20BrNO3/c1-22-10-11-6-8-17(9-7-11)15(20)14(16(21)19-17)12-4-2-3-5-13(12)18/h2-5,11,20H,6-10H2,1H3,(H,19,21). The second kappa shape index (κ2) is 6.05. The Labute approximate surface area is 138 Å². The minimum atomic E-state index is -0.591. The average Bonchev–Trinajstić information content (AvgIpc) is 2.74. The van der Waals surface area contributed by atoms with Gasteiger partial charge in [-0.2, -0.15) is 0 Å². The second-order valence-electron chi connectivity index (χ2n) is 6.14. The Kier molecular flexibility index (Phi) is 4.28. The summed E-state index contributed by atoms with van der Waals surface area (Å²) >= 11 is 3.46. The molecule has 2 aliphatic rings. The first-order chi connectivity index (χ1) is 10.6. The lowest BCUT2D eigenvalue weighted by Gasteiger charge is -2.37. The first kappa shape index (κ1) is 15.6. The molecule has 0 saturated heterocycles. The van der Waals surface area contributed by atoms with E-state index in [1.54, 1.807) is 7.11 Å². The maximum absolute atomic E-state index is 12.4. The minimum absolute atomic E-state index is 0.186. The molecule has 0 unspecified atom stereocenters. The number of ether oxygens (including phenoxy) is 1. The molecule has 1 aromatic rings. The molecule has 1 aliphatic carbocycles. The topological polar surface area (TPSA) is 58.6 Å². The number of aliphatic hydroxyl groups excluding tert-OH is 1. The Morgan fingerprint density at radius 3 is 2.68 bits per heavy atom. The molecule has 118 valence electrons. The maximum atomic E-state index is 12.4. The fourth-order valence-electron chi connectivity index (χ4n) is 3.53. The van der Waals surface area contributed by atoms with E-state index in [2.05, 4.69) is 21.2 Å². The lowest BCUT2D eigenvalue weighted by molar-refractivity contribution is -0.116. The van der Waals surface area contributed by atoms with Gasteiger partial charge in [-0.05, 0) is 37.7 Å². The van der Waals surface area contributed by atoms with E-state index in [1.807, 2.05) is 24.3 Å². The van der Waals surface area contributed by atoms with Gasteiger partial charge in [0.2, 0.25) is 0 Å². The van der Waals surface area contributed by atoms with Crippen LogP contribution in [0.5, 0.6) is 0 Å². The van der Waals surface area contributed by atoms with Gasteiger partial charge >= 0.3 is 0 Å². The monoisotopic (exact) mass is 365 g/mol. The molecule has 1 aromatic carbocycles. The number of carbonyl (C=O) groups is 1. The van der Waals surface area contributed by atoms with Gasteiger partial charge in [0.1, 0.15) is 5.76 Å². The molecule has 1 heterocycles. The van der Waals surface area contributed by atoms with Crippen molar-refractivity contribution in [1.29, 1.82) is 0 Å². The quantitative estimate of drug-likeness (QED) is 0.862. The molecule has 1 spiro atoms. The Morgan fingerprint density at radius 2 is 2.05 bits per heavy atom. The summed E-state index contributed by atoms with van der Waals surface area (Å²) in [6.07, 6.45) is 3.40. The number of amides is 1. The summed E-state index contributed by atoms with van der Waals surface area (Å²) in [7, 11) is 1.71. The third-order valence-corrected chi connectivity index (χ3v) is 5.47. The van der Waals surface area contributed by atoms with Crippen LogP contribution in [0.3, 0.4) is 0 Å². The van der Waals surface area contributed by atoms with Crippen molar-refractivity contribution in [3.8, 4) is 0 Å². The molecule has 1 amide bonds. The van der Waals surface area contributed by atoms with E-state index in [9.17, 15) is 9.90 Å². The van der Waals surface area contributed by atoms with Crippen molar-refractivity contribution in [1.82, 2.24) is 5.32 Å². The van der Waals surface area contributed by atoms with E-state index < -0.39 is 5.54 Å². The molecule has 2 N–H and O–H groups in total. The number of methoxy groups -OCH3 is 1. The smallest absolute Gasteiger partial charge is 0.256 e. The number of rotatable bonds is 3. The van der Waals surface area contributed by atoms with Crippen LogP contribution in [0.4, 0.5) is 0 Å². The molecule has 22 heavy (non-hydrogen) atoms. The Balaban J connectivity index is 1.91. The van der Waals surface area contributed by atoms with Crippen molar-refractivity contribution in [2.45, 2.75) is 31.2 Å². The van der Waals surface area contributed by atoms with Crippen LogP contribution in [0.2, 0.25) is 0 Å². The van der Waals surface area contributed by atoms with E-state index >= 15 is 0 Å². The van der Waals surface area contributed by atoms with Crippen LogP contribution in [0.15, 0.2) is 34.5 Å². The summed E-state index contributed by atoms with van der Waals surface area (Å²) in [6.45, 7) is 0.742. The predicted octanol–water partition coefficient (Wildman–Crippen LogP) is 3.42. The summed E-state index contributed by atoms with van der Waals surface area (Å²) in [4.78, 5) is 12.4. The second-order valence-corrected chi connectivity index (χ2v) is 6.99. The van der Waals surface area contributed by atoms with Crippen LogP contribution in [0.1, 0.15) is 31.2 Å². The molecule has 0 atom stereocenters. The summed E-state index contributed by atoms with van der Waals surface area (Å²) in [5, 5.41) is 13.8. The van der Waals surface area contributed by atoms with Crippen LogP contribution in [0.25, 0.3) is 5.57 Å². The zero-order valence-electron chi connectivity index (χ0n) is 12.6. The van der Waals surface area contributed by atoms with Gasteiger partial charge in [-0.1, -0.05) is 34.1 Å². The maximum Gasteiger partial charge on any atom is 0.256 e. The molecule has 0 radical (unpaired) electrons. The Morgan fingerprint density at radius 1 is 1.36 bits per heavy atom. The highest BCUT2D eigenvalue weighted by atomic mass is 79.9. The van der Waals surface area contributed by atoms with Gasteiger partial charge < -0.3 is 15.2 Å². The number of hydrogen-bond acceptors (Lipinski definition) is 3. The zero-order chi connectivity index (χ0) is 15.7. The van der Waals surface area contributed by atoms with Gasteiger partial charge in [0.05, 0.1) is 11.1 Å². The molecular weight excluding hydrogens is 346 g/mol. The van der Waals surface area contributed by atoms with Crippen molar-refractivity contribution in [2.24, 2.45) is 5.92 Å². The van der Waals surface area contributed by atoms with E-state index in [0.29, 0.717) is 11.5 Å². The molecule has 4 nitrogen and oxygen atoms in total. The van der Waals surface area contributed by atoms with Gasteiger partial charge in [0.15, 0.2) is 0 Å². The van der Waals surface area contributed by atoms with Crippen molar-refractivity contribution in [2.75, 3.05) is 13.7 Å². The van der Waals surface area contributed by atoms with Crippen LogP contribution in [0, 0.1) is 5.92 Å². The highest BCUT2D eigenvalue weighted by Gasteiger charge is 2.47. The molecule has 1 fully saturated rings. The number of carbonyl (C=O) groups excluding carboxylic acids is 1. The van der Waals surface area contributed by atoms with Crippen LogP contribution < -0.4 is 5.32 Å². The van der Waals surface area contributed by atoms with E-state index in [-0.39, 0.29) is 11.7 Å². The minimum Gasteiger partial charge on any atom is -0.509 e. The molecule has 1 saturated carbocycles. The lowest BCUT2D eigenvalue weighted by Crippen LogP contribution is -2.47. The van der Waals surface area contributed by atoms with Crippen molar-refractivity contribution in [3.63, 3.8) is 0 Å². The van der Waals surface area contributed by atoms with Crippen molar-refractivity contribution in [3.05, 3.63) is 40.1 Å². The van der Waals surface area contributed by atoms with Crippen molar-refractivity contribution >= 4 is 27.4 Å². The van der Waals surface area contributed by atoms with Crippen LogP contribution in [-0.4, -0.2) is 30.3 Å². The predicted molar refractivity (Wildman–Crippen MR) is 88.4 cm³/mol. The molecule has 5 heteroatoms. The van der Waals surface area contributed by atoms with Gasteiger partial charge in [-0.3, -0.25) is 4.79 Å². The van der Waals surface area contributed by atoms with Gasteiger partial charge in [0.25, 0.3) is 5.91 Å². The van der Waals surface area contributed by atoms with Crippen molar-refractivity contribution < 1.29 is 14.6 Å². The van der Waals surface area contributed by atoms with Gasteiger partial charge in [0, 0.05) is 23.8 Å². The lowest BCUT2D eigenvalue weighted by atomic mass is 9.76. The molecule has 3 rings (SSSR count). The van der Waals surface area contributed by atoms with Gasteiger partial charge in [-0.15, -0.1) is 0 Å². The number of halogens is 1. The molecule has 0 aromatic heterocycles. The fraction of sp³-hybridized carbons (Fsp3) is 0.471. The van der Waals surface area contributed by atoms with Crippen LogP contribution >= 0.6 is 15.9 Å². The number of hydrogen-bond donors (Lipinski definition) is 2. The number of nitrogens with one attached hydrogen (secondary N) is 1. The Hall–Kier alpha value is -1.33. The zero-order valence-corrected chi connectivity index (χ0v) is 14.1. The van der Waals surface area contributed by atoms with E-state index in [0.717, 1.165) is 42.3 Å². The largest absolute Gasteiger partial charge is 0.509 e. The average molecular weight is 366 g/mol. The Bertz CT molecular complexity index is 618. The van der Waals surface area contributed by atoms with E-state index in [1.165, 1.54) is 0 Å².